The summed E-state index contributed by atoms with van der Waals surface area (Å²) >= 11 is 6.10. The van der Waals surface area contributed by atoms with Gasteiger partial charge in [0.25, 0.3) is 5.91 Å². The molecule has 2 N–H and O–H groups in total. The van der Waals surface area contributed by atoms with Crippen LogP contribution in [0, 0.1) is 12.8 Å². The van der Waals surface area contributed by atoms with Gasteiger partial charge in [-0.3, -0.25) is 9.59 Å². The van der Waals surface area contributed by atoms with E-state index >= 15 is 0 Å². The van der Waals surface area contributed by atoms with Crippen LogP contribution in [0.1, 0.15) is 42.8 Å². The van der Waals surface area contributed by atoms with E-state index in [-0.39, 0.29) is 18.3 Å². The summed E-state index contributed by atoms with van der Waals surface area (Å²) in [5, 5.41) is 6.82. The zero-order valence-electron chi connectivity index (χ0n) is 20.0. The maximum Gasteiger partial charge on any atom is 0.255 e. The first-order chi connectivity index (χ1) is 17.4. The number of ether oxygens (including phenoxy) is 1. The summed E-state index contributed by atoms with van der Waals surface area (Å²) in [5.41, 5.74) is 2.86. The number of allylic oxidation sites excluding steroid dienone is 3. The van der Waals surface area contributed by atoms with Gasteiger partial charge in [-0.1, -0.05) is 23.7 Å². The minimum atomic E-state index is -0.569. The van der Waals surface area contributed by atoms with Gasteiger partial charge in [0.2, 0.25) is 0 Å². The number of aromatic nitrogens is 1. The Hall–Kier alpha value is -3.84. The molecule has 2 aliphatic rings. The summed E-state index contributed by atoms with van der Waals surface area (Å²) in [6.07, 6.45) is 4.74. The zero-order chi connectivity index (χ0) is 25.2. The van der Waals surface area contributed by atoms with E-state index in [1.807, 2.05) is 38.1 Å². The topological polar surface area (TPSA) is 93.5 Å². The third kappa shape index (κ3) is 4.79. The van der Waals surface area contributed by atoms with Crippen molar-refractivity contribution in [1.29, 1.82) is 0 Å². The van der Waals surface area contributed by atoms with Crippen LogP contribution in [0.5, 0.6) is 5.75 Å². The van der Waals surface area contributed by atoms with Gasteiger partial charge >= 0.3 is 0 Å². The van der Waals surface area contributed by atoms with Crippen molar-refractivity contribution >= 4 is 29.1 Å². The highest BCUT2D eigenvalue weighted by molar-refractivity contribution is 6.31. The van der Waals surface area contributed by atoms with E-state index in [4.69, 9.17) is 20.8 Å². The van der Waals surface area contributed by atoms with Gasteiger partial charge in [-0.05, 0) is 68.3 Å². The van der Waals surface area contributed by atoms with Crippen LogP contribution in [0.2, 0.25) is 5.02 Å². The Morgan fingerprint density at radius 3 is 2.83 bits per heavy atom. The third-order valence-electron chi connectivity index (χ3n) is 6.47. The van der Waals surface area contributed by atoms with Crippen molar-refractivity contribution in [1.82, 2.24) is 10.3 Å². The fourth-order valence-corrected chi connectivity index (χ4v) is 4.86. The zero-order valence-corrected chi connectivity index (χ0v) is 20.8. The van der Waals surface area contributed by atoms with E-state index in [1.54, 1.807) is 36.5 Å². The monoisotopic (exact) mass is 503 g/mol. The largest absolute Gasteiger partial charge is 0.486 e. The lowest BCUT2D eigenvalue weighted by Crippen LogP contribution is -2.41. The minimum Gasteiger partial charge on any atom is -0.486 e. The molecule has 0 fully saturated rings. The summed E-state index contributed by atoms with van der Waals surface area (Å²) in [6, 6.07) is 14.4. The molecule has 1 amide bonds. The maximum atomic E-state index is 13.5. The number of carbonyl (C=O) groups excluding carboxylic acids is 2. The van der Waals surface area contributed by atoms with Crippen molar-refractivity contribution < 1.29 is 18.7 Å². The van der Waals surface area contributed by atoms with Crippen LogP contribution in [-0.2, 0) is 16.2 Å². The number of ketones is 1. The molecule has 1 aromatic carbocycles. The van der Waals surface area contributed by atoms with Gasteiger partial charge in [0.15, 0.2) is 0 Å². The number of amides is 1. The Kier molecular flexibility index (Phi) is 6.65. The number of nitrogens with one attached hydrogen (secondary N) is 2. The van der Waals surface area contributed by atoms with Crippen LogP contribution < -0.4 is 15.4 Å². The molecule has 2 atom stereocenters. The van der Waals surface area contributed by atoms with E-state index in [1.165, 1.54) is 0 Å². The standard InChI is InChI=1S/C28H26ClN3O4/c1-16-14-18(9-11-20(16)29)35-15-19-10-12-23(36-19)27-25(28(34)32-24-8-3-4-13-30-24)17(2)31-21-6-5-7-22(33)26(21)27/h3-4,6,8-14,26-27,31H,5,7,15H2,1-2H3,(H,30,32,34). The van der Waals surface area contributed by atoms with Gasteiger partial charge in [0, 0.05) is 34.6 Å². The molecule has 1 aliphatic carbocycles. The summed E-state index contributed by atoms with van der Waals surface area (Å²) in [7, 11) is 0. The van der Waals surface area contributed by atoms with Crippen LogP contribution in [0.15, 0.2) is 82.2 Å². The molecule has 2 unspecified atom stereocenters. The van der Waals surface area contributed by atoms with E-state index in [9.17, 15) is 9.59 Å². The molecule has 0 spiro atoms. The molecule has 8 heteroatoms. The average molecular weight is 504 g/mol. The number of carbonyl (C=O) groups is 2. The first kappa shape index (κ1) is 23.9. The fraction of sp³-hybridized carbons (Fsp3) is 0.250. The molecule has 0 saturated carbocycles. The van der Waals surface area contributed by atoms with Crippen molar-refractivity contribution in [2.24, 2.45) is 5.92 Å². The molecule has 1 aliphatic heterocycles. The van der Waals surface area contributed by atoms with Gasteiger partial charge in [-0.15, -0.1) is 0 Å². The number of furan rings is 1. The summed E-state index contributed by atoms with van der Waals surface area (Å²) in [6.45, 7) is 3.95. The highest BCUT2D eigenvalue weighted by Crippen LogP contribution is 2.44. The van der Waals surface area contributed by atoms with E-state index < -0.39 is 11.8 Å². The quantitative estimate of drug-likeness (QED) is 0.449. The Labute approximate surface area is 214 Å². The number of fused-ring (bicyclic) bond motifs is 1. The van der Waals surface area contributed by atoms with Crippen LogP contribution in [0.3, 0.4) is 0 Å². The number of Topliss-reactive ketones (excluding diaryl/α,β-unsaturated/α-hetero) is 1. The number of pyridine rings is 1. The minimum absolute atomic E-state index is 0.0754. The van der Waals surface area contributed by atoms with Crippen LogP contribution in [-0.4, -0.2) is 16.7 Å². The van der Waals surface area contributed by atoms with Gasteiger partial charge in [-0.2, -0.15) is 0 Å². The molecule has 0 saturated heterocycles. The molecule has 5 rings (SSSR count). The predicted molar refractivity (Wildman–Crippen MR) is 136 cm³/mol. The highest BCUT2D eigenvalue weighted by atomic mass is 35.5. The molecular weight excluding hydrogens is 478 g/mol. The number of aryl methyl sites for hydroxylation is 1. The molecule has 184 valence electrons. The smallest absolute Gasteiger partial charge is 0.255 e. The second-order valence-corrected chi connectivity index (χ2v) is 9.36. The number of nitrogens with zero attached hydrogens (tertiary/aromatic N) is 1. The predicted octanol–water partition coefficient (Wildman–Crippen LogP) is 5.68. The molecule has 3 aromatic rings. The number of hydrogen-bond acceptors (Lipinski definition) is 6. The maximum absolute atomic E-state index is 13.5. The molecule has 3 heterocycles. The molecule has 0 radical (unpaired) electrons. The lowest BCUT2D eigenvalue weighted by molar-refractivity contribution is -0.123. The first-order valence-corrected chi connectivity index (χ1v) is 12.2. The lowest BCUT2D eigenvalue weighted by Gasteiger charge is -2.37. The van der Waals surface area contributed by atoms with E-state index in [0.717, 1.165) is 11.3 Å². The number of anilines is 1. The molecule has 2 aromatic heterocycles. The van der Waals surface area contributed by atoms with Crippen molar-refractivity contribution in [3.05, 3.63) is 99.9 Å². The molecule has 36 heavy (non-hydrogen) atoms. The molecule has 7 nitrogen and oxygen atoms in total. The van der Waals surface area contributed by atoms with Crippen LogP contribution in [0.25, 0.3) is 0 Å². The Morgan fingerprint density at radius 1 is 1.19 bits per heavy atom. The SMILES string of the molecule is CC1=C(C(=O)Nc2ccccn2)C(c2ccc(COc3ccc(Cl)c(C)c3)o2)C2C(=O)CCC=C2N1. The Bertz CT molecular complexity index is 1380. The fourth-order valence-electron chi connectivity index (χ4n) is 4.74. The summed E-state index contributed by atoms with van der Waals surface area (Å²) in [5.74, 6) is 0.899. The van der Waals surface area contributed by atoms with Gasteiger partial charge in [0.05, 0.1) is 11.8 Å². The summed E-state index contributed by atoms with van der Waals surface area (Å²) < 4.78 is 12.1. The Morgan fingerprint density at radius 2 is 2.06 bits per heavy atom. The van der Waals surface area contributed by atoms with Crippen LogP contribution in [0.4, 0.5) is 5.82 Å². The Balaban J connectivity index is 1.45. The van der Waals surface area contributed by atoms with Crippen molar-refractivity contribution in [2.75, 3.05) is 5.32 Å². The number of benzene rings is 1. The normalized spacial score (nSPS) is 19.3. The molecular formula is C28H26ClN3O4. The van der Waals surface area contributed by atoms with Crippen LogP contribution >= 0.6 is 11.6 Å². The van der Waals surface area contributed by atoms with Gasteiger partial charge < -0.3 is 19.8 Å². The van der Waals surface area contributed by atoms with E-state index in [0.29, 0.717) is 52.2 Å². The summed E-state index contributed by atoms with van der Waals surface area (Å²) in [4.78, 5) is 30.8. The highest BCUT2D eigenvalue weighted by Gasteiger charge is 2.44. The first-order valence-electron chi connectivity index (χ1n) is 11.8. The second kappa shape index (κ2) is 10.0. The molecule has 0 bridgehead atoms. The average Bonchev–Trinajstić information content (AvgIpc) is 3.33. The van der Waals surface area contributed by atoms with E-state index in [2.05, 4.69) is 15.6 Å². The third-order valence-corrected chi connectivity index (χ3v) is 6.89. The second-order valence-electron chi connectivity index (χ2n) is 8.96. The number of halogens is 1. The van der Waals surface area contributed by atoms with Gasteiger partial charge in [0.1, 0.15) is 35.5 Å². The van der Waals surface area contributed by atoms with Gasteiger partial charge in [-0.25, -0.2) is 4.98 Å². The number of hydrogen-bond donors (Lipinski definition) is 2. The van der Waals surface area contributed by atoms with Crippen molar-refractivity contribution in [3.63, 3.8) is 0 Å². The van der Waals surface area contributed by atoms with Crippen molar-refractivity contribution in [3.8, 4) is 5.75 Å². The lowest BCUT2D eigenvalue weighted by atomic mass is 9.72. The van der Waals surface area contributed by atoms with Crippen molar-refractivity contribution in [2.45, 2.75) is 39.2 Å². The number of rotatable bonds is 6.